The van der Waals surface area contributed by atoms with E-state index in [2.05, 4.69) is 15.5 Å². The Hall–Kier alpha value is -2.88. The van der Waals surface area contributed by atoms with Gasteiger partial charge in [0.25, 0.3) is 11.1 Å². The van der Waals surface area contributed by atoms with Gasteiger partial charge >= 0.3 is 6.18 Å². The van der Waals surface area contributed by atoms with Gasteiger partial charge in [0, 0.05) is 5.69 Å². The van der Waals surface area contributed by atoms with E-state index in [4.69, 9.17) is 4.42 Å². The Morgan fingerprint density at radius 3 is 2.61 bits per heavy atom. The van der Waals surface area contributed by atoms with Crippen LogP contribution in [0.25, 0.3) is 11.5 Å². The Balaban J connectivity index is 1.66. The summed E-state index contributed by atoms with van der Waals surface area (Å²) in [6.07, 6.45) is -4.51. The van der Waals surface area contributed by atoms with Crippen molar-refractivity contribution in [1.29, 1.82) is 0 Å². The van der Waals surface area contributed by atoms with E-state index >= 15 is 0 Å². The Bertz CT molecular complexity index is 991. The summed E-state index contributed by atoms with van der Waals surface area (Å²) in [6.45, 7) is 1.53. The number of anilines is 1. The summed E-state index contributed by atoms with van der Waals surface area (Å²) in [7, 11) is 0. The maximum atomic E-state index is 13.8. The number of nitrogens with one attached hydrogen (secondary N) is 1. The molecule has 0 fully saturated rings. The van der Waals surface area contributed by atoms with Crippen molar-refractivity contribution >= 4 is 23.4 Å². The molecule has 0 radical (unpaired) electrons. The number of alkyl halides is 3. The molecule has 1 N–H and O–H groups in total. The summed E-state index contributed by atoms with van der Waals surface area (Å²) in [6, 6.07) is 10.2. The lowest BCUT2D eigenvalue weighted by Crippen LogP contribution is -2.22. The molecule has 3 rings (SSSR count). The molecule has 0 spiro atoms. The van der Waals surface area contributed by atoms with E-state index in [1.165, 1.54) is 37.3 Å². The molecule has 0 aliphatic heterocycles. The molecule has 0 unspecified atom stereocenters. The normalized spacial score (nSPS) is 12.6. The molecule has 28 heavy (non-hydrogen) atoms. The van der Waals surface area contributed by atoms with Crippen molar-refractivity contribution in [2.75, 3.05) is 5.32 Å². The summed E-state index contributed by atoms with van der Waals surface area (Å²) in [5, 5.41) is 9.21. The lowest BCUT2D eigenvalue weighted by molar-refractivity contribution is -0.137. The minimum absolute atomic E-state index is 0.0184. The van der Waals surface area contributed by atoms with Gasteiger partial charge in [0.1, 0.15) is 5.82 Å². The highest BCUT2D eigenvalue weighted by atomic mass is 32.2. The first-order chi connectivity index (χ1) is 13.2. The van der Waals surface area contributed by atoms with E-state index in [0.717, 1.165) is 23.9 Å². The number of thioether (sulfide) groups is 1. The zero-order valence-corrected chi connectivity index (χ0v) is 15.1. The SMILES string of the molecule is C[C@H](Sc1nnc(-c2ccccc2F)o1)C(=O)Nc1cccc(C(F)(F)F)c1. The highest BCUT2D eigenvalue weighted by molar-refractivity contribution is 8.00. The molecule has 0 saturated carbocycles. The average molecular weight is 411 g/mol. The molecule has 1 atom stereocenters. The first kappa shape index (κ1) is 19.9. The predicted octanol–water partition coefficient (Wildman–Crippen LogP) is 5.01. The largest absolute Gasteiger partial charge is 0.416 e. The number of hydrogen-bond acceptors (Lipinski definition) is 5. The lowest BCUT2D eigenvalue weighted by Gasteiger charge is -2.12. The van der Waals surface area contributed by atoms with Crippen molar-refractivity contribution in [2.45, 2.75) is 23.6 Å². The zero-order chi connectivity index (χ0) is 20.3. The molecular formula is C18H13F4N3O2S. The number of carbonyl (C=O) groups excluding carboxylic acids is 1. The third kappa shape index (κ3) is 4.69. The molecule has 3 aromatic rings. The summed E-state index contributed by atoms with van der Waals surface area (Å²) in [5.41, 5.74) is -0.718. The van der Waals surface area contributed by atoms with Crippen LogP contribution in [0.15, 0.2) is 58.2 Å². The summed E-state index contributed by atoms with van der Waals surface area (Å²) in [5.74, 6) is -1.11. The second-order valence-corrected chi connectivity index (χ2v) is 6.97. The van der Waals surface area contributed by atoms with Gasteiger partial charge in [-0.1, -0.05) is 30.0 Å². The minimum Gasteiger partial charge on any atom is -0.411 e. The van der Waals surface area contributed by atoms with Crippen LogP contribution >= 0.6 is 11.8 Å². The van der Waals surface area contributed by atoms with Gasteiger partial charge in [-0.2, -0.15) is 13.2 Å². The molecule has 0 aliphatic carbocycles. The second kappa shape index (κ2) is 8.01. The Morgan fingerprint density at radius 2 is 1.89 bits per heavy atom. The number of hydrogen-bond donors (Lipinski definition) is 1. The second-order valence-electron chi connectivity index (χ2n) is 5.68. The van der Waals surface area contributed by atoms with Crippen LogP contribution < -0.4 is 5.32 Å². The fourth-order valence-corrected chi connectivity index (χ4v) is 2.91. The average Bonchev–Trinajstić information content (AvgIpc) is 3.09. The van der Waals surface area contributed by atoms with Gasteiger partial charge in [-0.25, -0.2) is 4.39 Å². The summed E-state index contributed by atoms with van der Waals surface area (Å²) in [4.78, 5) is 12.2. The number of rotatable bonds is 5. The van der Waals surface area contributed by atoms with E-state index < -0.39 is 28.7 Å². The molecule has 146 valence electrons. The van der Waals surface area contributed by atoms with Crippen molar-refractivity contribution in [3.05, 3.63) is 59.9 Å². The zero-order valence-electron chi connectivity index (χ0n) is 14.3. The molecule has 0 aliphatic rings. The van der Waals surface area contributed by atoms with Gasteiger partial charge in [-0.3, -0.25) is 4.79 Å². The maximum absolute atomic E-state index is 13.8. The first-order valence-corrected chi connectivity index (χ1v) is 8.85. The summed E-state index contributed by atoms with van der Waals surface area (Å²) < 4.78 is 57.4. The molecule has 2 aromatic carbocycles. The van der Waals surface area contributed by atoms with Crippen LogP contribution in [0.2, 0.25) is 0 Å². The van der Waals surface area contributed by atoms with Crippen molar-refractivity contribution in [2.24, 2.45) is 0 Å². The van der Waals surface area contributed by atoms with Crippen LogP contribution in [0, 0.1) is 5.82 Å². The van der Waals surface area contributed by atoms with Gasteiger partial charge in [0.15, 0.2) is 0 Å². The number of aromatic nitrogens is 2. The number of halogens is 4. The molecule has 0 saturated heterocycles. The number of carbonyl (C=O) groups is 1. The Morgan fingerprint density at radius 1 is 1.14 bits per heavy atom. The molecule has 10 heteroatoms. The van der Waals surface area contributed by atoms with E-state index in [0.29, 0.717) is 0 Å². The van der Waals surface area contributed by atoms with Crippen LogP contribution in [0.5, 0.6) is 0 Å². The Kier molecular flexibility index (Phi) is 5.68. The van der Waals surface area contributed by atoms with E-state index in [1.807, 2.05) is 0 Å². The fraction of sp³-hybridized carbons (Fsp3) is 0.167. The van der Waals surface area contributed by atoms with Crippen molar-refractivity contribution in [1.82, 2.24) is 10.2 Å². The van der Waals surface area contributed by atoms with Crippen LogP contribution in [0.3, 0.4) is 0 Å². The standard InChI is InChI=1S/C18H13F4N3O2S/c1-10(15(26)23-12-6-4-5-11(9-12)18(20,21)22)28-17-25-24-16(27-17)13-7-2-3-8-14(13)19/h2-10H,1H3,(H,23,26)/t10-/m0/s1. The molecule has 5 nitrogen and oxygen atoms in total. The Labute approximate surface area is 161 Å². The molecule has 1 amide bonds. The van der Waals surface area contributed by atoms with Gasteiger partial charge in [0.2, 0.25) is 5.91 Å². The fourth-order valence-electron chi connectivity index (χ4n) is 2.22. The van der Waals surface area contributed by atoms with Crippen LogP contribution in [-0.4, -0.2) is 21.4 Å². The highest BCUT2D eigenvalue weighted by Gasteiger charge is 2.30. The third-order valence-corrected chi connectivity index (χ3v) is 4.55. The number of benzene rings is 2. The topological polar surface area (TPSA) is 68.0 Å². The van der Waals surface area contributed by atoms with Gasteiger partial charge in [-0.15, -0.1) is 10.2 Å². The molecule has 1 heterocycles. The lowest BCUT2D eigenvalue weighted by atomic mass is 10.2. The van der Waals surface area contributed by atoms with E-state index in [9.17, 15) is 22.4 Å². The maximum Gasteiger partial charge on any atom is 0.416 e. The smallest absolute Gasteiger partial charge is 0.411 e. The van der Waals surface area contributed by atoms with Gasteiger partial charge in [-0.05, 0) is 37.3 Å². The van der Waals surface area contributed by atoms with Crippen LogP contribution in [-0.2, 0) is 11.0 Å². The monoisotopic (exact) mass is 411 g/mol. The van der Waals surface area contributed by atoms with Crippen LogP contribution in [0.4, 0.5) is 23.2 Å². The number of amides is 1. The molecule has 0 bridgehead atoms. The van der Waals surface area contributed by atoms with Crippen LogP contribution in [0.1, 0.15) is 12.5 Å². The highest BCUT2D eigenvalue weighted by Crippen LogP contribution is 2.31. The van der Waals surface area contributed by atoms with Crippen molar-refractivity contribution < 1.29 is 26.8 Å². The van der Waals surface area contributed by atoms with Gasteiger partial charge in [0.05, 0.1) is 16.4 Å². The van der Waals surface area contributed by atoms with E-state index in [-0.39, 0.29) is 22.4 Å². The third-order valence-electron chi connectivity index (χ3n) is 3.61. The van der Waals surface area contributed by atoms with E-state index in [1.54, 1.807) is 6.07 Å². The quantitative estimate of drug-likeness (QED) is 0.472. The molecule has 1 aromatic heterocycles. The first-order valence-electron chi connectivity index (χ1n) is 7.97. The minimum atomic E-state index is -4.51. The molecular weight excluding hydrogens is 398 g/mol. The summed E-state index contributed by atoms with van der Waals surface area (Å²) >= 11 is 0.905. The van der Waals surface area contributed by atoms with Crippen molar-refractivity contribution in [3.8, 4) is 11.5 Å². The van der Waals surface area contributed by atoms with Gasteiger partial charge < -0.3 is 9.73 Å². The van der Waals surface area contributed by atoms with Crippen molar-refractivity contribution in [3.63, 3.8) is 0 Å². The predicted molar refractivity (Wildman–Crippen MR) is 95.1 cm³/mol. The number of nitrogens with zero attached hydrogens (tertiary/aromatic N) is 2.